The Kier molecular flexibility index (Phi) is 4.63. The minimum absolute atomic E-state index is 0.376. The molecule has 2 fully saturated rings. The van der Waals surface area contributed by atoms with Crippen LogP contribution in [0.4, 0.5) is 0 Å². The maximum Gasteiger partial charge on any atom is 0.0471 e. The Labute approximate surface area is 129 Å². The van der Waals surface area contributed by atoms with Crippen LogP contribution in [0.25, 0.3) is 0 Å². The topological polar surface area (TPSA) is 32.5 Å². The van der Waals surface area contributed by atoms with Crippen LogP contribution in [0.15, 0.2) is 24.3 Å². The van der Waals surface area contributed by atoms with Gasteiger partial charge in [-0.1, -0.05) is 24.3 Å². The van der Waals surface area contributed by atoms with Crippen LogP contribution in [0.1, 0.15) is 48.8 Å². The predicted octanol–water partition coefficient (Wildman–Crippen LogP) is 2.59. The third-order valence-electron chi connectivity index (χ3n) is 5.19. The molecule has 1 aliphatic heterocycles. The van der Waals surface area contributed by atoms with Gasteiger partial charge in [-0.15, -0.1) is 0 Å². The molecule has 0 amide bonds. The van der Waals surface area contributed by atoms with Crippen LogP contribution < -0.4 is 5.73 Å². The quantitative estimate of drug-likeness (QED) is 0.903. The van der Waals surface area contributed by atoms with E-state index in [2.05, 4.69) is 48.2 Å². The fraction of sp³-hybridized carbons (Fsp3) is 0.667. The molecule has 1 saturated carbocycles. The summed E-state index contributed by atoms with van der Waals surface area (Å²) < 4.78 is 0. The lowest BCUT2D eigenvalue weighted by Gasteiger charge is -2.40. The van der Waals surface area contributed by atoms with E-state index in [-0.39, 0.29) is 0 Å². The van der Waals surface area contributed by atoms with Crippen molar-refractivity contribution < 1.29 is 0 Å². The Balaban J connectivity index is 1.71. The standard InChI is InChI=1S/C18H29N3/c1-20(2)17-4-3-11-21(13-17)18(12-19)16-9-7-15(8-10-16)14-5-6-14/h7-10,14,17-18H,3-6,11-13,19H2,1-2H3. The van der Waals surface area contributed by atoms with Gasteiger partial charge >= 0.3 is 0 Å². The van der Waals surface area contributed by atoms with E-state index >= 15 is 0 Å². The molecule has 0 spiro atoms. The van der Waals surface area contributed by atoms with E-state index in [9.17, 15) is 0 Å². The van der Waals surface area contributed by atoms with Gasteiger partial charge in [0, 0.05) is 25.2 Å². The van der Waals surface area contributed by atoms with Gasteiger partial charge in [-0.3, -0.25) is 4.90 Å². The highest BCUT2D eigenvalue weighted by Gasteiger charge is 2.28. The molecule has 0 aromatic heterocycles. The van der Waals surface area contributed by atoms with Gasteiger partial charge in [-0.2, -0.15) is 0 Å². The molecule has 1 aromatic rings. The van der Waals surface area contributed by atoms with Crippen molar-refractivity contribution in [2.24, 2.45) is 5.73 Å². The summed E-state index contributed by atoms with van der Waals surface area (Å²) in [4.78, 5) is 4.94. The molecule has 3 rings (SSSR count). The molecule has 1 heterocycles. The Hall–Kier alpha value is -0.900. The van der Waals surface area contributed by atoms with Crippen LogP contribution in [0, 0.1) is 0 Å². The number of likely N-dealkylation sites (tertiary alicyclic amines) is 1. The van der Waals surface area contributed by atoms with Crippen LogP contribution in [-0.2, 0) is 0 Å². The van der Waals surface area contributed by atoms with Crippen molar-refractivity contribution in [2.45, 2.75) is 43.7 Å². The third-order valence-corrected chi connectivity index (χ3v) is 5.19. The van der Waals surface area contributed by atoms with Gasteiger partial charge in [0.25, 0.3) is 0 Å². The van der Waals surface area contributed by atoms with Crippen molar-refractivity contribution in [1.29, 1.82) is 0 Å². The van der Waals surface area contributed by atoms with Gasteiger partial charge in [0.2, 0.25) is 0 Å². The van der Waals surface area contributed by atoms with Crippen LogP contribution in [-0.4, -0.2) is 49.6 Å². The van der Waals surface area contributed by atoms with E-state index < -0.39 is 0 Å². The van der Waals surface area contributed by atoms with Gasteiger partial charge < -0.3 is 10.6 Å². The highest BCUT2D eigenvalue weighted by atomic mass is 15.2. The molecule has 1 aliphatic carbocycles. The number of hydrogen-bond donors (Lipinski definition) is 1. The molecule has 2 aliphatic rings. The zero-order valence-electron chi connectivity index (χ0n) is 13.5. The second kappa shape index (κ2) is 6.47. The molecule has 3 nitrogen and oxygen atoms in total. The summed E-state index contributed by atoms with van der Waals surface area (Å²) in [7, 11) is 4.38. The van der Waals surface area contributed by atoms with Gasteiger partial charge in [0.15, 0.2) is 0 Å². The smallest absolute Gasteiger partial charge is 0.0471 e. The summed E-state index contributed by atoms with van der Waals surface area (Å²) in [5, 5.41) is 0. The van der Waals surface area contributed by atoms with E-state index in [0.717, 1.165) is 12.5 Å². The number of nitrogens with two attached hydrogens (primary N) is 1. The van der Waals surface area contributed by atoms with Gasteiger partial charge in [0.1, 0.15) is 0 Å². The normalized spacial score (nSPS) is 25.2. The van der Waals surface area contributed by atoms with Crippen molar-refractivity contribution in [3.05, 3.63) is 35.4 Å². The molecule has 3 heteroatoms. The van der Waals surface area contributed by atoms with Crippen LogP contribution in [0.2, 0.25) is 0 Å². The zero-order valence-corrected chi connectivity index (χ0v) is 13.5. The van der Waals surface area contributed by atoms with Crippen LogP contribution >= 0.6 is 0 Å². The molecule has 0 radical (unpaired) electrons. The Morgan fingerprint density at radius 2 is 1.90 bits per heavy atom. The highest BCUT2D eigenvalue weighted by molar-refractivity contribution is 5.30. The number of likely N-dealkylation sites (N-methyl/N-ethyl adjacent to an activating group) is 1. The second-order valence-corrected chi connectivity index (χ2v) is 6.95. The maximum absolute atomic E-state index is 6.11. The Bertz CT molecular complexity index is 450. The first kappa shape index (κ1) is 15.0. The van der Waals surface area contributed by atoms with E-state index in [1.54, 1.807) is 0 Å². The number of benzene rings is 1. The van der Waals surface area contributed by atoms with Crippen LogP contribution in [0.3, 0.4) is 0 Å². The Morgan fingerprint density at radius 1 is 1.19 bits per heavy atom. The number of hydrogen-bond acceptors (Lipinski definition) is 3. The summed E-state index contributed by atoms with van der Waals surface area (Å²) in [6.45, 7) is 3.03. The van der Waals surface area contributed by atoms with Crippen molar-refractivity contribution in [3.8, 4) is 0 Å². The Morgan fingerprint density at radius 3 is 2.48 bits per heavy atom. The SMILES string of the molecule is CN(C)C1CCCN(C(CN)c2ccc(C3CC3)cc2)C1. The van der Waals surface area contributed by atoms with Gasteiger partial charge in [0.05, 0.1) is 0 Å². The molecule has 116 valence electrons. The summed E-state index contributed by atoms with van der Waals surface area (Å²) >= 11 is 0. The van der Waals surface area contributed by atoms with Crippen LogP contribution in [0.5, 0.6) is 0 Å². The second-order valence-electron chi connectivity index (χ2n) is 6.95. The third kappa shape index (κ3) is 3.47. The minimum atomic E-state index is 0.376. The van der Waals surface area contributed by atoms with Gasteiger partial charge in [-0.25, -0.2) is 0 Å². The number of piperidine rings is 1. The lowest BCUT2D eigenvalue weighted by Crippen LogP contribution is -2.47. The average molecular weight is 287 g/mol. The predicted molar refractivity (Wildman–Crippen MR) is 88.5 cm³/mol. The molecule has 1 saturated heterocycles. The molecule has 0 bridgehead atoms. The molecule has 2 N–H and O–H groups in total. The largest absolute Gasteiger partial charge is 0.329 e. The summed E-state index contributed by atoms with van der Waals surface area (Å²) in [5.41, 5.74) is 9.02. The summed E-state index contributed by atoms with van der Waals surface area (Å²) in [5.74, 6) is 0.837. The van der Waals surface area contributed by atoms with E-state index in [4.69, 9.17) is 5.73 Å². The molecule has 2 unspecified atom stereocenters. The first-order valence-corrected chi connectivity index (χ1v) is 8.39. The number of rotatable bonds is 5. The average Bonchev–Trinajstić information content (AvgIpc) is 3.34. The first-order chi connectivity index (χ1) is 10.2. The summed E-state index contributed by atoms with van der Waals surface area (Å²) in [6.07, 6.45) is 5.33. The summed E-state index contributed by atoms with van der Waals surface area (Å²) in [6, 6.07) is 10.3. The van der Waals surface area contributed by atoms with E-state index in [1.165, 1.54) is 43.4 Å². The fourth-order valence-electron chi connectivity index (χ4n) is 3.59. The molecular weight excluding hydrogens is 258 g/mol. The molecule has 21 heavy (non-hydrogen) atoms. The zero-order chi connectivity index (χ0) is 14.8. The van der Waals surface area contributed by atoms with E-state index in [0.29, 0.717) is 18.6 Å². The van der Waals surface area contributed by atoms with Crippen molar-refractivity contribution >= 4 is 0 Å². The van der Waals surface area contributed by atoms with E-state index in [1.807, 2.05) is 0 Å². The van der Waals surface area contributed by atoms with Crippen molar-refractivity contribution in [1.82, 2.24) is 9.80 Å². The minimum Gasteiger partial charge on any atom is -0.329 e. The lowest BCUT2D eigenvalue weighted by atomic mass is 9.97. The molecular formula is C18H29N3. The lowest BCUT2D eigenvalue weighted by molar-refractivity contribution is 0.0984. The molecule has 2 atom stereocenters. The fourth-order valence-corrected chi connectivity index (χ4v) is 3.59. The highest BCUT2D eigenvalue weighted by Crippen LogP contribution is 2.40. The monoisotopic (exact) mass is 287 g/mol. The maximum atomic E-state index is 6.11. The number of nitrogens with zero attached hydrogens (tertiary/aromatic N) is 2. The van der Waals surface area contributed by atoms with Crippen molar-refractivity contribution in [2.75, 3.05) is 33.7 Å². The van der Waals surface area contributed by atoms with Crippen molar-refractivity contribution in [3.63, 3.8) is 0 Å². The molecule has 1 aromatic carbocycles. The first-order valence-electron chi connectivity index (χ1n) is 8.39. The van der Waals surface area contributed by atoms with Gasteiger partial charge in [-0.05, 0) is 63.4 Å².